The molecule has 2 unspecified atom stereocenters. The lowest BCUT2D eigenvalue weighted by atomic mass is 10.0. The van der Waals surface area contributed by atoms with E-state index in [9.17, 15) is 13.5 Å². The Labute approximate surface area is 127 Å². The maximum Gasteiger partial charge on any atom is 0.241 e. The van der Waals surface area contributed by atoms with E-state index in [0.717, 1.165) is 25.7 Å². The largest absolute Gasteiger partial charge is 0.392 e. The van der Waals surface area contributed by atoms with Gasteiger partial charge < -0.3 is 5.11 Å². The van der Waals surface area contributed by atoms with Gasteiger partial charge in [0.15, 0.2) is 0 Å². The van der Waals surface area contributed by atoms with Gasteiger partial charge in [-0.2, -0.15) is 0 Å². The van der Waals surface area contributed by atoms with E-state index in [2.05, 4.69) is 11.6 Å². The van der Waals surface area contributed by atoms with Crippen LogP contribution in [0.3, 0.4) is 0 Å². The first-order valence-corrected chi connectivity index (χ1v) is 9.13. The summed E-state index contributed by atoms with van der Waals surface area (Å²) in [5, 5.41) is 9.19. The van der Waals surface area contributed by atoms with Crippen LogP contribution in [0.4, 0.5) is 0 Å². The molecule has 0 radical (unpaired) electrons. The van der Waals surface area contributed by atoms with Crippen molar-refractivity contribution in [1.29, 1.82) is 0 Å². The molecule has 21 heavy (non-hydrogen) atoms. The molecule has 0 saturated heterocycles. The van der Waals surface area contributed by atoms with Gasteiger partial charge in [0.1, 0.15) is 0 Å². The molecular formula is C16H25NO3S. The van der Waals surface area contributed by atoms with Gasteiger partial charge in [0.2, 0.25) is 10.0 Å². The molecule has 0 heterocycles. The number of sulfonamides is 1. The monoisotopic (exact) mass is 311 g/mol. The third kappa shape index (κ3) is 4.28. The van der Waals surface area contributed by atoms with E-state index in [-0.39, 0.29) is 17.5 Å². The number of benzene rings is 1. The van der Waals surface area contributed by atoms with E-state index >= 15 is 0 Å². The standard InChI is InChI=1S/C16H25NO3S/c1-12-4-3-5-15(9-6-12)17-21(19,20)16-10-14(11-18)8-7-13(16)2/h7-8,10,12,15,17-18H,3-6,9,11H2,1-2H3. The molecule has 1 saturated carbocycles. The van der Waals surface area contributed by atoms with Crippen LogP contribution >= 0.6 is 0 Å². The molecule has 4 nitrogen and oxygen atoms in total. The fraction of sp³-hybridized carbons (Fsp3) is 0.625. The van der Waals surface area contributed by atoms with Gasteiger partial charge in [-0.1, -0.05) is 31.9 Å². The van der Waals surface area contributed by atoms with Crippen LogP contribution in [0.1, 0.15) is 50.2 Å². The second-order valence-electron chi connectivity index (χ2n) is 6.19. The lowest BCUT2D eigenvalue weighted by molar-refractivity contribution is 0.281. The third-order valence-electron chi connectivity index (χ3n) is 4.30. The normalized spacial score (nSPS) is 23.8. The summed E-state index contributed by atoms with van der Waals surface area (Å²) in [5.41, 5.74) is 1.33. The number of aliphatic hydroxyl groups is 1. The molecule has 1 aromatic carbocycles. The van der Waals surface area contributed by atoms with Gasteiger partial charge in [-0.05, 0) is 49.3 Å². The minimum Gasteiger partial charge on any atom is -0.392 e. The molecule has 0 spiro atoms. The maximum atomic E-state index is 12.6. The van der Waals surface area contributed by atoms with Crippen LogP contribution < -0.4 is 4.72 Å². The Kier molecular flexibility index (Phi) is 5.41. The van der Waals surface area contributed by atoms with E-state index < -0.39 is 10.0 Å². The van der Waals surface area contributed by atoms with Crippen molar-refractivity contribution in [3.8, 4) is 0 Å². The SMILES string of the molecule is Cc1ccc(CO)cc1S(=O)(=O)NC1CCCC(C)CC1. The van der Waals surface area contributed by atoms with Crippen molar-refractivity contribution >= 4 is 10.0 Å². The van der Waals surface area contributed by atoms with Crippen molar-refractivity contribution in [1.82, 2.24) is 4.72 Å². The average molecular weight is 311 g/mol. The summed E-state index contributed by atoms with van der Waals surface area (Å²) in [4.78, 5) is 0.284. The van der Waals surface area contributed by atoms with Gasteiger partial charge in [0.25, 0.3) is 0 Å². The highest BCUT2D eigenvalue weighted by Crippen LogP contribution is 2.25. The molecule has 1 aromatic rings. The van der Waals surface area contributed by atoms with E-state index in [1.165, 1.54) is 6.42 Å². The van der Waals surface area contributed by atoms with Crippen LogP contribution in [0, 0.1) is 12.8 Å². The summed E-state index contributed by atoms with van der Waals surface area (Å²) < 4.78 is 28.0. The van der Waals surface area contributed by atoms with Crippen molar-refractivity contribution in [3.63, 3.8) is 0 Å². The minimum atomic E-state index is -3.52. The highest BCUT2D eigenvalue weighted by Gasteiger charge is 2.24. The Morgan fingerprint density at radius 3 is 2.71 bits per heavy atom. The Morgan fingerprint density at radius 1 is 1.24 bits per heavy atom. The lowest BCUT2D eigenvalue weighted by Gasteiger charge is -2.18. The molecule has 0 aromatic heterocycles. The predicted molar refractivity (Wildman–Crippen MR) is 83.5 cm³/mol. The number of hydrogen-bond donors (Lipinski definition) is 2. The average Bonchev–Trinajstić information content (AvgIpc) is 2.63. The first-order chi connectivity index (χ1) is 9.92. The summed E-state index contributed by atoms with van der Waals surface area (Å²) in [6.45, 7) is 3.86. The molecule has 0 aliphatic heterocycles. The number of nitrogens with one attached hydrogen (secondary N) is 1. The predicted octanol–water partition coefficient (Wildman–Crippen LogP) is 2.73. The zero-order valence-electron chi connectivity index (χ0n) is 12.8. The summed E-state index contributed by atoms with van der Waals surface area (Å²) in [5.74, 6) is 0.680. The van der Waals surface area contributed by atoms with Gasteiger partial charge in [0.05, 0.1) is 11.5 Å². The second-order valence-corrected chi connectivity index (χ2v) is 7.87. The van der Waals surface area contributed by atoms with Crippen LogP contribution in [0.15, 0.2) is 23.1 Å². The molecule has 1 aliphatic carbocycles. The highest BCUT2D eigenvalue weighted by molar-refractivity contribution is 7.89. The van der Waals surface area contributed by atoms with Gasteiger partial charge in [-0.25, -0.2) is 13.1 Å². The molecule has 0 bridgehead atoms. The number of hydrogen-bond acceptors (Lipinski definition) is 3. The number of aliphatic hydroxyl groups excluding tert-OH is 1. The number of rotatable bonds is 4. The molecule has 118 valence electrons. The van der Waals surface area contributed by atoms with Crippen molar-refractivity contribution in [2.75, 3.05) is 0 Å². The van der Waals surface area contributed by atoms with Crippen molar-refractivity contribution < 1.29 is 13.5 Å². The zero-order chi connectivity index (χ0) is 15.5. The molecule has 2 atom stereocenters. The van der Waals surface area contributed by atoms with E-state index in [1.54, 1.807) is 25.1 Å². The summed E-state index contributed by atoms with van der Waals surface area (Å²) >= 11 is 0. The van der Waals surface area contributed by atoms with Gasteiger partial charge in [0, 0.05) is 6.04 Å². The second kappa shape index (κ2) is 6.90. The maximum absolute atomic E-state index is 12.6. The molecule has 1 aliphatic rings. The topological polar surface area (TPSA) is 66.4 Å². The summed E-state index contributed by atoms with van der Waals surface area (Å²) in [6, 6.07) is 5.09. The first kappa shape index (κ1) is 16.5. The summed E-state index contributed by atoms with van der Waals surface area (Å²) in [7, 11) is -3.52. The molecular weight excluding hydrogens is 286 g/mol. The molecule has 2 N–H and O–H groups in total. The quantitative estimate of drug-likeness (QED) is 0.840. The molecule has 2 rings (SSSR count). The third-order valence-corrected chi connectivity index (χ3v) is 5.97. The summed E-state index contributed by atoms with van der Waals surface area (Å²) in [6.07, 6.45) is 5.13. The van der Waals surface area contributed by atoms with E-state index in [1.807, 2.05) is 0 Å². The van der Waals surface area contributed by atoms with Crippen molar-refractivity contribution in [3.05, 3.63) is 29.3 Å². The zero-order valence-corrected chi connectivity index (χ0v) is 13.6. The number of aryl methyl sites for hydroxylation is 1. The van der Waals surface area contributed by atoms with Crippen LogP contribution in [-0.2, 0) is 16.6 Å². The Bertz CT molecular complexity index is 583. The molecule has 1 fully saturated rings. The van der Waals surface area contributed by atoms with Crippen LogP contribution in [-0.4, -0.2) is 19.6 Å². The Hall–Kier alpha value is -0.910. The van der Waals surface area contributed by atoms with Gasteiger partial charge >= 0.3 is 0 Å². The Morgan fingerprint density at radius 2 is 2.00 bits per heavy atom. The fourth-order valence-corrected chi connectivity index (χ4v) is 4.52. The minimum absolute atomic E-state index is 0.0251. The molecule has 5 heteroatoms. The highest BCUT2D eigenvalue weighted by atomic mass is 32.2. The lowest BCUT2D eigenvalue weighted by Crippen LogP contribution is -2.34. The van der Waals surface area contributed by atoms with Crippen molar-refractivity contribution in [2.24, 2.45) is 5.92 Å². The van der Waals surface area contributed by atoms with Crippen molar-refractivity contribution in [2.45, 2.75) is 63.5 Å². The van der Waals surface area contributed by atoms with Crippen LogP contribution in [0.5, 0.6) is 0 Å². The van der Waals surface area contributed by atoms with Crippen LogP contribution in [0.2, 0.25) is 0 Å². The van der Waals surface area contributed by atoms with Gasteiger partial charge in [-0.3, -0.25) is 0 Å². The molecule has 0 amide bonds. The Balaban J connectivity index is 2.18. The first-order valence-electron chi connectivity index (χ1n) is 7.65. The van der Waals surface area contributed by atoms with E-state index in [4.69, 9.17) is 0 Å². The van der Waals surface area contributed by atoms with Gasteiger partial charge in [-0.15, -0.1) is 0 Å². The fourth-order valence-electron chi connectivity index (χ4n) is 2.92. The van der Waals surface area contributed by atoms with E-state index in [0.29, 0.717) is 17.0 Å². The smallest absolute Gasteiger partial charge is 0.241 e. The van der Waals surface area contributed by atoms with Crippen LogP contribution in [0.25, 0.3) is 0 Å².